The van der Waals surface area contributed by atoms with Crippen LogP contribution >= 0.6 is 0 Å². The van der Waals surface area contributed by atoms with Crippen molar-refractivity contribution in [1.82, 2.24) is 10.6 Å². The van der Waals surface area contributed by atoms with Crippen LogP contribution in [0.1, 0.15) is 53.9 Å². The van der Waals surface area contributed by atoms with Gasteiger partial charge in [-0.15, -0.1) is 0 Å². The topological polar surface area (TPSA) is 93.4 Å². The van der Waals surface area contributed by atoms with Crippen LogP contribution in [0.25, 0.3) is 0 Å². The Morgan fingerprint density at radius 1 is 1.10 bits per heavy atom. The normalized spacial score (nSPS) is 23.4. The maximum atomic E-state index is 11.7. The van der Waals surface area contributed by atoms with E-state index in [0.717, 1.165) is 19.3 Å². The van der Waals surface area contributed by atoms with Crippen LogP contribution in [-0.2, 0) is 9.53 Å². The Hall–Kier alpha value is -1.30. The van der Waals surface area contributed by atoms with Gasteiger partial charge in [-0.1, -0.05) is 0 Å². The van der Waals surface area contributed by atoms with Crippen molar-refractivity contribution in [2.75, 3.05) is 0 Å². The number of hydrogen-bond donors (Lipinski definition) is 3. The Balaban J connectivity index is 2.41. The summed E-state index contributed by atoms with van der Waals surface area (Å²) >= 11 is 0. The van der Waals surface area contributed by atoms with Crippen molar-refractivity contribution in [3.05, 3.63) is 0 Å². The van der Waals surface area contributed by atoms with E-state index in [2.05, 4.69) is 10.6 Å². The molecule has 2 atom stereocenters. The first kappa shape index (κ1) is 16.8. The van der Waals surface area contributed by atoms with Gasteiger partial charge in [0, 0.05) is 12.1 Å². The zero-order chi connectivity index (χ0) is 15.6. The number of hydrogen-bond acceptors (Lipinski definition) is 4. The van der Waals surface area contributed by atoms with Crippen molar-refractivity contribution >= 4 is 12.0 Å². The van der Waals surface area contributed by atoms with E-state index in [-0.39, 0.29) is 18.0 Å². The summed E-state index contributed by atoms with van der Waals surface area (Å²) in [6.07, 6.45) is 2.15. The van der Waals surface area contributed by atoms with Crippen LogP contribution in [0.4, 0.5) is 4.79 Å². The van der Waals surface area contributed by atoms with Crippen molar-refractivity contribution in [3.8, 4) is 0 Å². The summed E-state index contributed by atoms with van der Waals surface area (Å²) < 4.78 is 5.23. The molecule has 0 radical (unpaired) electrons. The predicted octanol–water partition coefficient (Wildman–Crippen LogP) is 1.29. The Kier molecular flexibility index (Phi) is 5.02. The van der Waals surface area contributed by atoms with E-state index in [1.165, 1.54) is 0 Å². The lowest BCUT2D eigenvalue weighted by molar-refractivity contribution is -0.123. The monoisotopic (exact) mass is 285 g/mol. The fourth-order valence-corrected chi connectivity index (χ4v) is 2.30. The highest BCUT2D eigenvalue weighted by molar-refractivity contribution is 5.83. The molecule has 0 heterocycles. The number of nitrogens with one attached hydrogen (secondary N) is 2. The third kappa shape index (κ3) is 5.36. The van der Waals surface area contributed by atoms with Gasteiger partial charge in [0.25, 0.3) is 0 Å². The molecule has 4 N–H and O–H groups in total. The van der Waals surface area contributed by atoms with Crippen molar-refractivity contribution in [2.24, 2.45) is 5.73 Å². The van der Waals surface area contributed by atoms with Crippen LogP contribution in [0.5, 0.6) is 0 Å². The average molecular weight is 285 g/mol. The summed E-state index contributed by atoms with van der Waals surface area (Å²) in [6.45, 7) is 9.04. The van der Waals surface area contributed by atoms with E-state index >= 15 is 0 Å². The van der Waals surface area contributed by atoms with E-state index in [0.29, 0.717) is 0 Å². The summed E-state index contributed by atoms with van der Waals surface area (Å²) in [7, 11) is 0. The van der Waals surface area contributed by atoms with E-state index in [9.17, 15) is 9.59 Å². The highest BCUT2D eigenvalue weighted by Crippen LogP contribution is 2.22. The first-order valence-electron chi connectivity index (χ1n) is 7.07. The Morgan fingerprint density at radius 2 is 1.65 bits per heavy atom. The van der Waals surface area contributed by atoms with E-state index in [4.69, 9.17) is 10.5 Å². The first-order chi connectivity index (χ1) is 8.99. The molecular weight excluding hydrogens is 258 g/mol. The zero-order valence-corrected chi connectivity index (χ0v) is 13.1. The number of amides is 2. The van der Waals surface area contributed by atoms with Gasteiger partial charge in [-0.25, -0.2) is 4.79 Å². The minimum atomic E-state index is -0.731. The fourth-order valence-electron chi connectivity index (χ4n) is 2.30. The maximum absolute atomic E-state index is 11.7. The highest BCUT2D eigenvalue weighted by atomic mass is 16.6. The molecule has 0 aromatic rings. The van der Waals surface area contributed by atoms with Crippen LogP contribution in [0.15, 0.2) is 0 Å². The van der Waals surface area contributed by atoms with Crippen LogP contribution in [0.3, 0.4) is 0 Å². The van der Waals surface area contributed by atoms with Crippen molar-refractivity contribution in [3.63, 3.8) is 0 Å². The molecule has 0 aromatic carbocycles. The predicted molar refractivity (Wildman–Crippen MR) is 77.2 cm³/mol. The second-order valence-electron chi connectivity index (χ2n) is 6.99. The molecule has 2 unspecified atom stereocenters. The van der Waals surface area contributed by atoms with Crippen molar-refractivity contribution in [2.45, 2.75) is 77.1 Å². The van der Waals surface area contributed by atoms with Gasteiger partial charge in [0.1, 0.15) is 5.60 Å². The summed E-state index contributed by atoms with van der Waals surface area (Å²) in [5, 5.41) is 6.10. The molecule has 1 rings (SSSR count). The van der Waals surface area contributed by atoms with Crippen LogP contribution in [0, 0.1) is 0 Å². The minimum absolute atomic E-state index is 0.0750. The van der Waals surface area contributed by atoms with Crippen molar-refractivity contribution < 1.29 is 14.3 Å². The number of nitrogens with two attached hydrogens (primary N) is 1. The number of primary amides is 1. The summed E-state index contributed by atoms with van der Waals surface area (Å²) in [5.74, 6) is -0.374. The lowest BCUT2D eigenvalue weighted by Crippen LogP contribution is -2.54. The van der Waals surface area contributed by atoms with Crippen LogP contribution < -0.4 is 16.4 Å². The molecule has 0 bridgehead atoms. The van der Waals surface area contributed by atoms with E-state index in [1.807, 2.05) is 20.8 Å². The smallest absolute Gasteiger partial charge is 0.407 e. The van der Waals surface area contributed by atoms with Crippen LogP contribution in [-0.4, -0.2) is 35.2 Å². The van der Waals surface area contributed by atoms with Gasteiger partial charge < -0.3 is 21.1 Å². The molecule has 1 saturated carbocycles. The lowest BCUT2D eigenvalue weighted by atomic mass is 10.0. The molecule has 1 aliphatic carbocycles. The SMILES string of the molecule is CC(C)(C)OC(=O)NC1CCC(NC(C)(C)C(N)=O)C1. The van der Waals surface area contributed by atoms with Gasteiger partial charge in [0.2, 0.25) is 5.91 Å². The zero-order valence-electron chi connectivity index (χ0n) is 13.1. The lowest BCUT2D eigenvalue weighted by Gasteiger charge is -2.27. The second kappa shape index (κ2) is 5.99. The molecule has 1 fully saturated rings. The number of carbonyl (C=O) groups excluding carboxylic acids is 2. The van der Waals surface area contributed by atoms with Gasteiger partial charge in [0.15, 0.2) is 0 Å². The molecule has 2 amide bonds. The fraction of sp³-hybridized carbons (Fsp3) is 0.857. The molecule has 116 valence electrons. The molecule has 0 aromatic heterocycles. The van der Waals surface area contributed by atoms with Gasteiger partial charge >= 0.3 is 6.09 Å². The van der Waals surface area contributed by atoms with E-state index in [1.54, 1.807) is 13.8 Å². The molecule has 6 nitrogen and oxygen atoms in total. The standard InChI is InChI=1S/C14H27N3O3/c1-13(2,3)20-12(19)16-9-6-7-10(8-9)17-14(4,5)11(15)18/h9-10,17H,6-8H2,1-5H3,(H2,15,18)(H,16,19). The van der Waals surface area contributed by atoms with Gasteiger partial charge in [-0.3, -0.25) is 4.79 Å². The Morgan fingerprint density at radius 3 is 2.15 bits per heavy atom. The van der Waals surface area contributed by atoms with Crippen LogP contribution in [0.2, 0.25) is 0 Å². The van der Waals surface area contributed by atoms with Gasteiger partial charge in [-0.05, 0) is 53.9 Å². The number of rotatable bonds is 4. The third-order valence-electron chi connectivity index (χ3n) is 3.33. The summed E-state index contributed by atoms with van der Waals surface area (Å²) in [6, 6.07) is 0.253. The van der Waals surface area contributed by atoms with Crippen molar-refractivity contribution in [1.29, 1.82) is 0 Å². The quantitative estimate of drug-likeness (QED) is 0.725. The average Bonchev–Trinajstić information content (AvgIpc) is 2.60. The molecule has 0 aliphatic heterocycles. The molecule has 0 saturated heterocycles. The summed E-state index contributed by atoms with van der Waals surface area (Å²) in [5.41, 5.74) is 4.12. The molecule has 1 aliphatic rings. The summed E-state index contributed by atoms with van der Waals surface area (Å²) in [4.78, 5) is 23.0. The van der Waals surface area contributed by atoms with Gasteiger partial charge in [0.05, 0.1) is 5.54 Å². The minimum Gasteiger partial charge on any atom is -0.444 e. The third-order valence-corrected chi connectivity index (χ3v) is 3.33. The highest BCUT2D eigenvalue weighted by Gasteiger charge is 2.33. The Labute approximate surface area is 120 Å². The number of alkyl carbamates (subject to hydrolysis) is 1. The van der Waals surface area contributed by atoms with E-state index < -0.39 is 17.2 Å². The number of carbonyl (C=O) groups is 2. The molecule has 0 spiro atoms. The number of ether oxygens (including phenoxy) is 1. The second-order valence-corrected chi connectivity index (χ2v) is 6.99. The molecule has 20 heavy (non-hydrogen) atoms. The largest absolute Gasteiger partial charge is 0.444 e. The van der Waals surface area contributed by atoms with Gasteiger partial charge in [-0.2, -0.15) is 0 Å². The Bertz CT molecular complexity index is 374. The molecule has 6 heteroatoms. The maximum Gasteiger partial charge on any atom is 0.407 e. The first-order valence-corrected chi connectivity index (χ1v) is 7.07. The molecular formula is C14H27N3O3.